The number of nitrogens with two attached hydrogens (primary N) is 1. The first-order chi connectivity index (χ1) is 9.65. The zero-order valence-electron chi connectivity index (χ0n) is 11.0. The third kappa shape index (κ3) is 3.05. The summed E-state index contributed by atoms with van der Waals surface area (Å²) in [6.45, 7) is 0.398. The van der Waals surface area contributed by atoms with Crippen molar-refractivity contribution in [3.05, 3.63) is 59.2 Å². The minimum absolute atomic E-state index is 0.102. The lowest BCUT2D eigenvalue weighted by molar-refractivity contribution is 0.280. The molecule has 0 aromatic heterocycles. The van der Waals surface area contributed by atoms with Crippen molar-refractivity contribution in [1.29, 1.82) is 0 Å². The van der Waals surface area contributed by atoms with E-state index in [4.69, 9.17) is 15.2 Å². The molecule has 0 amide bonds. The van der Waals surface area contributed by atoms with Crippen molar-refractivity contribution < 1.29 is 18.3 Å². The molecule has 2 rings (SSSR count). The van der Waals surface area contributed by atoms with Gasteiger partial charge in [0.25, 0.3) is 0 Å². The van der Waals surface area contributed by atoms with E-state index in [1.54, 1.807) is 6.07 Å². The Bertz CT molecular complexity index is 580. The van der Waals surface area contributed by atoms with Gasteiger partial charge in [0.05, 0.1) is 7.11 Å². The van der Waals surface area contributed by atoms with Crippen LogP contribution in [0.15, 0.2) is 36.4 Å². The van der Waals surface area contributed by atoms with E-state index in [9.17, 15) is 8.78 Å². The van der Waals surface area contributed by atoms with E-state index in [0.717, 1.165) is 17.7 Å². The molecule has 0 bridgehead atoms. The van der Waals surface area contributed by atoms with Gasteiger partial charge in [0.1, 0.15) is 6.61 Å². The fourth-order valence-corrected chi connectivity index (χ4v) is 1.83. The number of halogens is 2. The summed E-state index contributed by atoms with van der Waals surface area (Å²) in [7, 11) is 1.53. The number of rotatable bonds is 5. The van der Waals surface area contributed by atoms with Crippen LogP contribution in [-0.4, -0.2) is 7.11 Å². The van der Waals surface area contributed by atoms with E-state index in [1.165, 1.54) is 13.2 Å². The molecule has 0 spiro atoms. The Morgan fingerprint density at radius 3 is 2.55 bits per heavy atom. The molecule has 0 atom stereocenters. The summed E-state index contributed by atoms with van der Waals surface area (Å²) in [6.07, 6.45) is 0. The van der Waals surface area contributed by atoms with E-state index < -0.39 is 11.6 Å². The summed E-state index contributed by atoms with van der Waals surface area (Å²) >= 11 is 0. The monoisotopic (exact) mass is 279 g/mol. The highest BCUT2D eigenvalue weighted by atomic mass is 19.2. The van der Waals surface area contributed by atoms with Crippen molar-refractivity contribution in [2.24, 2.45) is 5.73 Å². The second kappa shape index (κ2) is 6.34. The third-order valence-corrected chi connectivity index (χ3v) is 2.87. The van der Waals surface area contributed by atoms with Gasteiger partial charge in [-0.05, 0) is 23.8 Å². The van der Waals surface area contributed by atoms with E-state index in [0.29, 0.717) is 23.6 Å². The average Bonchev–Trinajstić information content (AvgIpc) is 2.48. The lowest BCUT2D eigenvalue weighted by Gasteiger charge is -2.14. The van der Waals surface area contributed by atoms with Gasteiger partial charge in [0.2, 0.25) is 0 Å². The Balaban J connectivity index is 2.19. The standard InChI is InChI=1S/C15H15F2NO2/c1-19-14-4-2-3-11(8-18)15(14)20-9-10-5-6-12(16)13(17)7-10/h2-7H,8-9,18H2,1H3. The van der Waals surface area contributed by atoms with Gasteiger partial charge in [-0.2, -0.15) is 0 Å². The van der Waals surface area contributed by atoms with Crippen molar-refractivity contribution in [3.63, 3.8) is 0 Å². The first-order valence-corrected chi connectivity index (χ1v) is 6.08. The van der Waals surface area contributed by atoms with Crippen LogP contribution in [0.25, 0.3) is 0 Å². The molecule has 0 fully saturated rings. The van der Waals surface area contributed by atoms with Crippen LogP contribution < -0.4 is 15.2 Å². The number of methoxy groups -OCH3 is 1. The SMILES string of the molecule is COc1cccc(CN)c1OCc1ccc(F)c(F)c1. The molecule has 2 N–H and O–H groups in total. The number of hydrogen-bond donors (Lipinski definition) is 1. The summed E-state index contributed by atoms with van der Waals surface area (Å²) in [4.78, 5) is 0. The van der Waals surface area contributed by atoms with Gasteiger partial charge in [-0.15, -0.1) is 0 Å². The number of benzene rings is 2. The van der Waals surface area contributed by atoms with Gasteiger partial charge < -0.3 is 15.2 Å². The molecule has 2 aromatic rings. The predicted molar refractivity (Wildman–Crippen MR) is 71.6 cm³/mol. The van der Waals surface area contributed by atoms with Crippen LogP contribution in [0, 0.1) is 11.6 Å². The van der Waals surface area contributed by atoms with Gasteiger partial charge in [-0.1, -0.05) is 18.2 Å². The molecule has 106 valence electrons. The minimum Gasteiger partial charge on any atom is -0.493 e. The summed E-state index contributed by atoms with van der Waals surface area (Å²) < 4.78 is 36.8. The molecule has 0 unspecified atom stereocenters. The largest absolute Gasteiger partial charge is 0.493 e. The van der Waals surface area contributed by atoms with Crippen molar-refractivity contribution in [2.75, 3.05) is 7.11 Å². The van der Waals surface area contributed by atoms with Crippen LogP contribution in [0.5, 0.6) is 11.5 Å². The molecule has 0 aliphatic rings. The Kier molecular flexibility index (Phi) is 4.53. The minimum atomic E-state index is -0.898. The molecular formula is C15H15F2NO2. The van der Waals surface area contributed by atoms with Crippen LogP contribution in [0.3, 0.4) is 0 Å². The molecule has 3 nitrogen and oxygen atoms in total. The lowest BCUT2D eigenvalue weighted by atomic mass is 10.2. The van der Waals surface area contributed by atoms with E-state index in [2.05, 4.69) is 0 Å². The van der Waals surface area contributed by atoms with E-state index in [-0.39, 0.29) is 6.61 Å². The van der Waals surface area contributed by atoms with Gasteiger partial charge in [0, 0.05) is 12.1 Å². The highest BCUT2D eigenvalue weighted by molar-refractivity contribution is 5.46. The third-order valence-electron chi connectivity index (χ3n) is 2.87. The highest BCUT2D eigenvalue weighted by Gasteiger charge is 2.10. The van der Waals surface area contributed by atoms with Crippen LogP contribution >= 0.6 is 0 Å². The van der Waals surface area contributed by atoms with Crippen LogP contribution in [0.2, 0.25) is 0 Å². The number of ether oxygens (including phenoxy) is 2. The normalized spacial score (nSPS) is 10.4. The Morgan fingerprint density at radius 2 is 1.90 bits per heavy atom. The van der Waals surface area contributed by atoms with E-state index >= 15 is 0 Å². The van der Waals surface area contributed by atoms with Crippen molar-refractivity contribution >= 4 is 0 Å². The van der Waals surface area contributed by atoms with E-state index in [1.807, 2.05) is 12.1 Å². The number of para-hydroxylation sites is 1. The molecule has 0 radical (unpaired) electrons. The second-order valence-electron chi connectivity index (χ2n) is 4.19. The number of hydrogen-bond acceptors (Lipinski definition) is 3. The van der Waals surface area contributed by atoms with Crippen LogP contribution in [-0.2, 0) is 13.2 Å². The smallest absolute Gasteiger partial charge is 0.166 e. The summed E-state index contributed by atoms with van der Waals surface area (Å²) in [5.74, 6) is -0.711. The molecule has 5 heteroatoms. The molecular weight excluding hydrogens is 264 g/mol. The highest BCUT2D eigenvalue weighted by Crippen LogP contribution is 2.31. The lowest BCUT2D eigenvalue weighted by Crippen LogP contribution is -2.04. The first kappa shape index (κ1) is 14.3. The van der Waals surface area contributed by atoms with Gasteiger partial charge in [-0.25, -0.2) is 8.78 Å². The fraction of sp³-hybridized carbons (Fsp3) is 0.200. The van der Waals surface area contributed by atoms with Crippen LogP contribution in [0.1, 0.15) is 11.1 Å². The Labute approximate surface area is 115 Å². The maximum Gasteiger partial charge on any atom is 0.166 e. The second-order valence-corrected chi connectivity index (χ2v) is 4.19. The Morgan fingerprint density at radius 1 is 1.10 bits per heavy atom. The molecule has 0 aliphatic heterocycles. The zero-order valence-corrected chi connectivity index (χ0v) is 11.0. The maximum absolute atomic E-state index is 13.1. The first-order valence-electron chi connectivity index (χ1n) is 6.08. The van der Waals surface area contributed by atoms with Gasteiger partial charge in [0.15, 0.2) is 23.1 Å². The molecule has 2 aromatic carbocycles. The quantitative estimate of drug-likeness (QED) is 0.915. The van der Waals surface area contributed by atoms with Crippen molar-refractivity contribution in [2.45, 2.75) is 13.2 Å². The topological polar surface area (TPSA) is 44.5 Å². The Hall–Kier alpha value is -2.14. The summed E-state index contributed by atoms with van der Waals surface area (Å²) in [5, 5.41) is 0. The maximum atomic E-state index is 13.1. The average molecular weight is 279 g/mol. The van der Waals surface area contributed by atoms with Crippen molar-refractivity contribution in [1.82, 2.24) is 0 Å². The predicted octanol–water partition coefficient (Wildman–Crippen LogP) is 3.01. The van der Waals surface area contributed by atoms with Gasteiger partial charge in [-0.3, -0.25) is 0 Å². The molecule has 0 aliphatic carbocycles. The van der Waals surface area contributed by atoms with Gasteiger partial charge >= 0.3 is 0 Å². The van der Waals surface area contributed by atoms with Crippen molar-refractivity contribution in [3.8, 4) is 11.5 Å². The molecule has 0 saturated carbocycles. The molecule has 0 heterocycles. The molecule has 0 saturated heterocycles. The van der Waals surface area contributed by atoms with Crippen LogP contribution in [0.4, 0.5) is 8.78 Å². The summed E-state index contributed by atoms with van der Waals surface area (Å²) in [5.41, 5.74) is 6.95. The summed E-state index contributed by atoms with van der Waals surface area (Å²) in [6, 6.07) is 9.02. The zero-order chi connectivity index (χ0) is 14.5. The fourth-order valence-electron chi connectivity index (χ4n) is 1.83. The molecule has 20 heavy (non-hydrogen) atoms.